The minimum absolute atomic E-state index is 0.0652. The summed E-state index contributed by atoms with van der Waals surface area (Å²) < 4.78 is 28.8. The summed E-state index contributed by atoms with van der Waals surface area (Å²) in [6.45, 7) is -2.15. The van der Waals surface area contributed by atoms with E-state index in [0.29, 0.717) is 12.1 Å². The Bertz CT molecular complexity index is 542. The maximum absolute atomic E-state index is 12.2. The van der Waals surface area contributed by atoms with Gasteiger partial charge < -0.3 is 20.1 Å². The lowest BCUT2D eigenvalue weighted by molar-refractivity contribution is -0.0498. The first-order valence-electron chi connectivity index (χ1n) is 8.16. The topological polar surface area (TPSA) is 61.8 Å². The summed E-state index contributed by atoms with van der Waals surface area (Å²) in [5.41, 5.74) is 0.674. The van der Waals surface area contributed by atoms with Crippen LogP contribution in [-0.4, -0.2) is 42.3 Å². The summed E-state index contributed by atoms with van der Waals surface area (Å²) in [4.78, 5) is 13.7. The zero-order chi connectivity index (χ0) is 17.5. The van der Waals surface area contributed by atoms with Crippen LogP contribution in [0.1, 0.15) is 31.2 Å². The third-order valence-corrected chi connectivity index (χ3v) is 4.29. The molecule has 2 atom stereocenters. The van der Waals surface area contributed by atoms with E-state index in [1.165, 1.54) is 12.1 Å². The van der Waals surface area contributed by atoms with Crippen LogP contribution in [0.4, 0.5) is 13.6 Å². The summed E-state index contributed by atoms with van der Waals surface area (Å²) in [6.07, 6.45) is 3.47. The molecule has 1 saturated carbocycles. The molecule has 2 amide bonds. The first-order valence-corrected chi connectivity index (χ1v) is 8.16. The van der Waals surface area contributed by atoms with E-state index >= 15 is 0 Å². The van der Waals surface area contributed by atoms with Gasteiger partial charge in [-0.2, -0.15) is 8.78 Å². The number of alkyl halides is 2. The number of hydrogen-bond donors (Lipinski definition) is 2. The summed E-state index contributed by atoms with van der Waals surface area (Å²) in [5, 5.41) is 12.7. The Morgan fingerprint density at radius 2 is 2.17 bits per heavy atom. The van der Waals surface area contributed by atoms with Crippen molar-refractivity contribution in [2.45, 2.75) is 44.9 Å². The van der Waals surface area contributed by atoms with Crippen molar-refractivity contribution in [2.75, 3.05) is 13.6 Å². The van der Waals surface area contributed by atoms with Crippen LogP contribution < -0.4 is 10.1 Å². The number of ether oxygens (including phenoxy) is 1. The Morgan fingerprint density at radius 1 is 1.42 bits per heavy atom. The molecule has 134 valence electrons. The van der Waals surface area contributed by atoms with Crippen molar-refractivity contribution in [2.24, 2.45) is 5.92 Å². The number of halogens is 2. The van der Waals surface area contributed by atoms with Crippen LogP contribution in [-0.2, 0) is 6.54 Å². The number of benzene rings is 1. The van der Waals surface area contributed by atoms with Gasteiger partial charge in [-0.3, -0.25) is 0 Å². The van der Waals surface area contributed by atoms with E-state index < -0.39 is 6.61 Å². The molecule has 5 nitrogen and oxygen atoms in total. The molecule has 1 aromatic rings. The highest BCUT2D eigenvalue weighted by molar-refractivity contribution is 5.73. The van der Waals surface area contributed by atoms with Crippen molar-refractivity contribution in [3.05, 3.63) is 29.8 Å². The van der Waals surface area contributed by atoms with E-state index in [-0.39, 0.29) is 30.3 Å². The van der Waals surface area contributed by atoms with Crippen molar-refractivity contribution in [1.29, 1.82) is 0 Å². The fourth-order valence-electron chi connectivity index (χ4n) is 2.98. The molecular weight excluding hydrogens is 318 g/mol. The number of aliphatic hydroxyl groups excluding tert-OH is 1. The highest BCUT2D eigenvalue weighted by atomic mass is 19.3. The second kappa shape index (κ2) is 8.82. The Labute approximate surface area is 140 Å². The number of urea groups is 1. The average molecular weight is 342 g/mol. The molecule has 0 heterocycles. The summed E-state index contributed by atoms with van der Waals surface area (Å²) in [5.74, 6) is 0.174. The second-order valence-electron chi connectivity index (χ2n) is 6.18. The van der Waals surface area contributed by atoms with Gasteiger partial charge in [0.15, 0.2) is 0 Å². The van der Waals surface area contributed by atoms with Crippen LogP contribution in [0.5, 0.6) is 5.75 Å². The lowest BCUT2D eigenvalue weighted by Crippen LogP contribution is -2.42. The van der Waals surface area contributed by atoms with Crippen molar-refractivity contribution < 1.29 is 23.4 Å². The molecule has 2 rings (SSSR count). The van der Waals surface area contributed by atoms with Gasteiger partial charge in [0.25, 0.3) is 0 Å². The molecule has 1 aliphatic rings. The molecule has 0 bridgehead atoms. The van der Waals surface area contributed by atoms with Gasteiger partial charge in [0.2, 0.25) is 0 Å². The van der Waals surface area contributed by atoms with Gasteiger partial charge in [0.05, 0.1) is 6.10 Å². The number of amides is 2. The standard InChI is InChI=1S/C17H24F2N2O3/c1-21(11-13-6-2-3-8-15(13)22)17(23)20-10-12-5-4-7-14(9-12)24-16(18)19/h4-5,7,9,13,15-16,22H,2-3,6,8,10-11H2,1H3,(H,20,23)/t13-,15-/m1/s1. The highest BCUT2D eigenvalue weighted by Crippen LogP contribution is 2.24. The Kier molecular flexibility index (Phi) is 6.78. The van der Waals surface area contributed by atoms with Gasteiger partial charge in [-0.1, -0.05) is 25.0 Å². The monoisotopic (exact) mass is 342 g/mol. The maximum atomic E-state index is 12.2. The predicted octanol–water partition coefficient (Wildman–Crippen LogP) is 2.98. The van der Waals surface area contributed by atoms with Gasteiger partial charge in [-0.05, 0) is 30.5 Å². The fourth-order valence-corrected chi connectivity index (χ4v) is 2.98. The van der Waals surface area contributed by atoms with Gasteiger partial charge in [0, 0.05) is 26.1 Å². The van der Waals surface area contributed by atoms with E-state index in [0.717, 1.165) is 25.7 Å². The fraction of sp³-hybridized carbons (Fsp3) is 0.588. The molecule has 7 heteroatoms. The number of nitrogens with one attached hydrogen (secondary N) is 1. The van der Waals surface area contributed by atoms with Gasteiger partial charge in [0.1, 0.15) is 5.75 Å². The Balaban J connectivity index is 1.81. The molecule has 0 aliphatic heterocycles. The minimum Gasteiger partial charge on any atom is -0.435 e. The van der Waals surface area contributed by atoms with E-state index in [4.69, 9.17) is 0 Å². The lowest BCUT2D eigenvalue weighted by Gasteiger charge is -2.31. The molecule has 1 aliphatic carbocycles. The molecule has 0 aromatic heterocycles. The number of carbonyl (C=O) groups is 1. The molecule has 0 radical (unpaired) electrons. The molecule has 0 saturated heterocycles. The van der Waals surface area contributed by atoms with Crippen LogP contribution in [0.3, 0.4) is 0 Å². The summed E-state index contributed by atoms with van der Waals surface area (Å²) in [6, 6.07) is 5.98. The van der Waals surface area contributed by atoms with Gasteiger partial charge in [-0.15, -0.1) is 0 Å². The predicted molar refractivity (Wildman–Crippen MR) is 85.9 cm³/mol. The van der Waals surface area contributed by atoms with Crippen LogP contribution >= 0.6 is 0 Å². The molecule has 0 unspecified atom stereocenters. The third-order valence-electron chi connectivity index (χ3n) is 4.29. The minimum atomic E-state index is -2.87. The molecule has 1 fully saturated rings. The van der Waals surface area contributed by atoms with Crippen LogP contribution in [0, 0.1) is 5.92 Å². The maximum Gasteiger partial charge on any atom is 0.387 e. The van der Waals surface area contributed by atoms with Gasteiger partial charge in [-0.25, -0.2) is 4.79 Å². The Morgan fingerprint density at radius 3 is 2.88 bits per heavy atom. The number of rotatable bonds is 6. The number of nitrogens with zero attached hydrogens (tertiary/aromatic N) is 1. The van der Waals surface area contributed by atoms with Crippen LogP contribution in [0.15, 0.2) is 24.3 Å². The van der Waals surface area contributed by atoms with E-state index in [2.05, 4.69) is 10.1 Å². The van der Waals surface area contributed by atoms with Crippen molar-refractivity contribution in [3.63, 3.8) is 0 Å². The van der Waals surface area contributed by atoms with E-state index in [9.17, 15) is 18.7 Å². The van der Waals surface area contributed by atoms with E-state index in [1.54, 1.807) is 24.1 Å². The third kappa shape index (κ3) is 5.63. The van der Waals surface area contributed by atoms with Crippen molar-refractivity contribution >= 4 is 6.03 Å². The van der Waals surface area contributed by atoms with Crippen molar-refractivity contribution in [1.82, 2.24) is 10.2 Å². The molecule has 1 aromatic carbocycles. The highest BCUT2D eigenvalue weighted by Gasteiger charge is 2.25. The zero-order valence-corrected chi connectivity index (χ0v) is 13.8. The molecule has 0 spiro atoms. The van der Waals surface area contributed by atoms with Crippen molar-refractivity contribution in [3.8, 4) is 5.75 Å². The quantitative estimate of drug-likeness (QED) is 0.835. The summed E-state index contributed by atoms with van der Waals surface area (Å²) >= 11 is 0. The summed E-state index contributed by atoms with van der Waals surface area (Å²) in [7, 11) is 1.69. The number of carbonyl (C=O) groups excluding carboxylic acids is 1. The number of hydrogen-bond acceptors (Lipinski definition) is 3. The largest absolute Gasteiger partial charge is 0.435 e. The lowest BCUT2D eigenvalue weighted by atomic mass is 9.86. The smallest absolute Gasteiger partial charge is 0.387 e. The molecular formula is C17H24F2N2O3. The average Bonchev–Trinajstić information content (AvgIpc) is 2.54. The van der Waals surface area contributed by atoms with Gasteiger partial charge >= 0.3 is 12.6 Å². The SMILES string of the molecule is CN(C[C@H]1CCCC[C@H]1O)C(=O)NCc1cccc(OC(F)F)c1. The molecule has 2 N–H and O–H groups in total. The molecule has 24 heavy (non-hydrogen) atoms. The van der Waals surface area contributed by atoms with Crippen LogP contribution in [0.2, 0.25) is 0 Å². The number of aliphatic hydroxyl groups is 1. The van der Waals surface area contributed by atoms with Crippen LogP contribution in [0.25, 0.3) is 0 Å². The zero-order valence-electron chi connectivity index (χ0n) is 13.8. The van der Waals surface area contributed by atoms with E-state index in [1.807, 2.05) is 0 Å². The first kappa shape index (κ1) is 18.4. The second-order valence-corrected chi connectivity index (χ2v) is 6.18. The Hall–Kier alpha value is -1.89. The normalized spacial score (nSPS) is 20.7. The first-order chi connectivity index (χ1) is 11.5.